The molecule has 4 rings (SSSR count). The van der Waals surface area contributed by atoms with Gasteiger partial charge in [-0.05, 0) is 24.3 Å². The number of hydrogen-bond donors (Lipinski definition) is 1. The van der Waals surface area contributed by atoms with Gasteiger partial charge in [0.2, 0.25) is 0 Å². The summed E-state index contributed by atoms with van der Waals surface area (Å²) in [5, 5.41) is 4.50. The van der Waals surface area contributed by atoms with E-state index in [-0.39, 0.29) is 5.56 Å². The number of halogens is 1. The monoisotopic (exact) mass is 303 g/mol. The number of thioether (sulfide) groups is 1. The molecule has 0 saturated heterocycles. The lowest BCUT2D eigenvalue weighted by atomic mass is 10.2. The fraction of sp³-hybridized carbons (Fsp3) is 0.143. The highest BCUT2D eigenvalue weighted by Crippen LogP contribution is 2.32. The van der Waals surface area contributed by atoms with Crippen molar-refractivity contribution in [3.8, 4) is 5.69 Å². The van der Waals surface area contributed by atoms with Crippen LogP contribution in [-0.2, 0) is 11.5 Å². The number of pyridine rings is 1. The number of aromatic nitrogens is 3. The molecule has 1 aliphatic heterocycles. The second kappa shape index (κ2) is 4.40. The third kappa shape index (κ3) is 1.70. The minimum absolute atomic E-state index is 0.0745. The number of benzene rings is 1. The van der Waals surface area contributed by atoms with Crippen molar-refractivity contribution in [1.29, 1.82) is 0 Å². The zero-order valence-corrected chi connectivity index (χ0v) is 12.0. The van der Waals surface area contributed by atoms with Gasteiger partial charge in [-0.2, -0.15) is 11.8 Å². The Morgan fingerprint density at radius 2 is 2.05 bits per heavy atom. The Kier molecular flexibility index (Phi) is 2.65. The van der Waals surface area contributed by atoms with Crippen molar-refractivity contribution in [2.75, 3.05) is 0 Å². The Labute approximate surface area is 123 Å². The maximum absolute atomic E-state index is 12.5. The molecule has 0 aliphatic carbocycles. The van der Waals surface area contributed by atoms with Crippen LogP contribution in [0.4, 0.5) is 0 Å². The molecule has 100 valence electrons. The molecule has 1 aliphatic rings. The van der Waals surface area contributed by atoms with Gasteiger partial charge in [-0.15, -0.1) is 0 Å². The van der Waals surface area contributed by atoms with Crippen LogP contribution in [0.5, 0.6) is 0 Å². The van der Waals surface area contributed by atoms with Gasteiger partial charge < -0.3 is 0 Å². The molecular formula is C14H10ClN3OS. The summed E-state index contributed by atoms with van der Waals surface area (Å²) in [7, 11) is 0. The molecule has 0 unspecified atom stereocenters. The molecule has 0 atom stereocenters. The molecule has 0 spiro atoms. The number of rotatable bonds is 1. The Hall–Kier alpha value is -1.72. The first-order chi connectivity index (χ1) is 9.74. The highest BCUT2D eigenvalue weighted by atomic mass is 35.5. The van der Waals surface area contributed by atoms with Crippen molar-refractivity contribution in [1.82, 2.24) is 14.8 Å². The lowest BCUT2D eigenvalue weighted by Crippen LogP contribution is -2.14. The molecule has 1 aromatic carbocycles. The Morgan fingerprint density at radius 3 is 2.85 bits per heavy atom. The van der Waals surface area contributed by atoms with Crippen LogP contribution in [0.15, 0.2) is 35.3 Å². The van der Waals surface area contributed by atoms with Crippen LogP contribution in [0.1, 0.15) is 11.3 Å². The van der Waals surface area contributed by atoms with E-state index in [1.165, 1.54) is 0 Å². The SMILES string of the molecule is O=c1c2cnc3c(c2[nH]n1-c1ccc(Cl)cc1)CSC3. The summed E-state index contributed by atoms with van der Waals surface area (Å²) in [6, 6.07) is 7.18. The van der Waals surface area contributed by atoms with E-state index < -0.39 is 0 Å². The smallest absolute Gasteiger partial charge is 0.280 e. The van der Waals surface area contributed by atoms with Gasteiger partial charge >= 0.3 is 0 Å². The van der Waals surface area contributed by atoms with Crippen molar-refractivity contribution >= 4 is 34.3 Å². The quantitative estimate of drug-likeness (QED) is 0.751. The third-order valence-electron chi connectivity index (χ3n) is 3.50. The highest BCUT2D eigenvalue weighted by Gasteiger charge is 2.19. The molecule has 0 saturated carbocycles. The van der Waals surface area contributed by atoms with Crippen LogP contribution < -0.4 is 5.56 Å². The summed E-state index contributed by atoms with van der Waals surface area (Å²) >= 11 is 7.70. The predicted molar refractivity (Wildman–Crippen MR) is 81.7 cm³/mol. The fourth-order valence-electron chi connectivity index (χ4n) is 2.47. The number of aromatic amines is 1. The molecule has 3 heterocycles. The molecule has 6 heteroatoms. The summed E-state index contributed by atoms with van der Waals surface area (Å²) in [6.07, 6.45) is 1.67. The molecule has 20 heavy (non-hydrogen) atoms. The molecule has 3 aromatic rings. The number of hydrogen-bond acceptors (Lipinski definition) is 3. The van der Waals surface area contributed by atoms with Crippen LogP contribution in [-0.4, -0.2) is 14.8 Å². The zero-order chi connectivity index (χ0) is 13.7. The minimum atomic E-state index is -0.0745. The predicted octanol–water partition coefficient (Wildman–Crippen LogP) is 3.11. The first-order valence-corrected chi connectivity index (χ1v) is 7.72. The van der Waals surface area contributed by atoms with Crippen molar-refractivity contribution in [3.05, 3.63) is 57.1 Å². The van der Waals surface area contributed by atoms with Crippen molar-refractivity contribution in [2.24, 2.45) is 0 Å². The first kappa shape index (κ1) is 12.1. The van der Waals surface area contributed by atoms with Crippen LogP contribution >= 0.6 is 23.4 Å². The van der Waals surface area contributed by atoms with E-state index in [9.17, 15) is 4.79 Å². The molecular weight excluding hydrogens is 294 g/mol. The van der Waals surface area contributed by atoms with E-state index in [0.717, 1.165) is 34.0 Å². The van der Waals surface area contributed by atoms with E-state index >= 15 is 0 Å². The van der Waals surface area contributed by atoms with Gasteiger partial charge in [0.25, 0.3) is 5.56 Å². The topological polar surface area (TPSA) is 50.7 Å². The van der Waals surface area contributed by atoms with Crippen LogP contribution in [0.25, 0.3) is 16.6 Å². The second-order valence-corrected chi connectivity index (χ2v) is 6.12. The minimum Gasteiger partial charge on any atom is -0.290 e. The highest BCUT2D eigenvalue weighted by molar-refractivity contribution is 7.98. The van der Waals surface area contributed by atoms with Crippen LogP contribution in [0.2, 0.25) is 5.02 Å². The largest absolute Gasteiger partial charge is 0.290 e. The van der Waals surface area contributed by atoms with E-state index in [0.29, 0.717) is 10.4 Å². The fourth-order valence-corrected chi connectivity index (χ4v) is 3.65. The Bertz CT molecular complexity index is 866. The number of nitrogens with zero attached hydrogens (tertiary/aromatic N) is 2. The van der Waals surface area contributed by atoms with E-state index in [2.05, 4.69) is 10.1 Å². The molecule has 0 amide bonds. The molecule has 0 bridgehead atoms. The van der Waals surface area contributed by atoms with Gasteiger partial charge in [-0.25, -0.2) is 4.68 Å². The van der Waals surface area contributed by atoms with Gasteiger partial charge in [-0.3, -0.25) is 14.9 Å². The van der Waals surface area contributed by atoms with Gasteiger partial charge in [0.1, 0.15) is 0 Å². The average Bonchev–Trinajstić information content (AvgIpc) is 3.04. The van der Waals surface area contributed by atoms with Gasteiger partial charge in [0, 0.05) is 28.3 Å². The van der Waals surface area contributed by atoms with Crippen LogP contribution in [0, 0.1) is 0 Å². The summed E-state index contributed by atoms with van der Waals surface area (Å²) in [6.45, 7) is 0. The van der Waals surface area contributed by atoms with Gasteiger partial charge in [0.15, 0.2) is 0 Å². The first-order valence-electron chi connectivity index (χ1n) is 6.19. The van der Waals surface area contributed by atoms with Gasteiger partial charge in [-0.1, -0.05) is 11.6 Å². The summed E-state index contributed by atoms with van der Waals surface area (Å²) in [5.41, 5.74) is 3.83. The lowest BCUT2D eigenvalue weighted by Gasteiger charge is -2.01. The van der Waals surface area contributed by atoms with E-state index in [1.54, 1.807) is 23.0 Å². The van der Waals surface area contributed by atoms with E-state index in [1.807, 2.05) is 23.9 Å². The lowest BCUT2D eigenvalue weighted by molar-refractivity contribution is 0.862. The van der Waals surface area contributed by atoms with Crippen LogP contribution in [0.3, 0.4) is 0 Å². The maximum atomic E-state index is 12.5. The number of nitrogens with one attached hydrogen (secondary N) is 1. The normalized spacial score (nSPS) is 13.8. The summed E-state index contributed by atoms with van der Waals surface area (Å²) < 4.78 is 1.55. The maximum Gasteiger partial charge on any atom is 0.280 e. The number of fused-ring (bicyclic) bond motifs is 3. The van der Waals surface area contributed by atoms with Crippen molar-refractivity contribution in [3.63, 3.8) is 0 Å². The average molecular weight is 304 g/mol. The Morgan fingerprint density at radius 1 is 1.25 bits per heavy atom. The molecule has 0 fully saturated rings. The summed E-state index contributed by atoms with van der Waals surface area (Å²) in [5.74, 6) is 1.82. The van der Waals surface area contributed by atoms with Crippen molar-refractivity contribution in [2.45, 2.75) is 11.5 Å². The zero-order valence-electron chi connectivity index (χ0n) is 10.4. The molecule has 1 N–H and O–H groups in total. The molecule has 0 radical (unpaired) electrons. The van der Waals surface area contributed by atoms with Gasteiger partial charge in [0.05, 0.1) is 22.3 Å². The summed E-state index contributed by atoms with van der Waals surface area (Å²) in [4.78, 5) is 16.9. The third-order valence-corrected chi connectivity index (χ3v) is 4.72. The van der Waals surface area contributed by atoms with Crippen molar-refractivity contribution < 1.29 is 0 Å². The second-order valence-electron chi connectivity index (χ2n) is 4.69. The number of H-pyrrole nitrogens is 1. The molecule has 4 nitrogen and oxygen atoms in total. The molecule has 2 aromatic heterocycles. The Balaban J connectivity index is 2.00. The standard InChI is InChI=1S/C14H10ClN3OS/c15-8-1-3-9(4-2-8)18-14(19)10-5-16-12-7-20-6-11(12)13(10)17-18/h1-5,17H,6-7H2. The van der Waals surface area contributed by atoms with E-state index in [4.69, 9.17) is 11.6 Å².